The Balaban J connectivity index is 2.31. The maximum Gasteiger partial charge on any atom is 0.268 e. The van der Waals surface area contributed by atoms with Crippen molar-refractivity contribution in [3.63, 3.8) is 0 Å². The third-order valence-electron chi connectivity index (χ3n) is 3.01. The van der Waals surface area contributed by atoms with Crippen LogP contribution in [-0.2, 0) is 11.8 Å². The summed E-state index contributed by atoms with van der Waals surface area (Å²) in [5.74, 6) is -0.519. The van der Waals surface area contributed by atoms with Gasteiger partial charge in [0.2, 0.25) is 0 Å². The summed E-state index contributed by atoms with van der Waals surface area (Å²) in [7, 11) is 1.76. The zero-order valence-corrected chi connectivity index (χ0v) is 12.2. The number of rotatable bonds is 3. The minimum absolute atomic E-state index is 0.0385. The van der Waals surface area contributed by atoms with Crippen LogP contribution in [0.1, 0.15) is 17.0 Å². The molecule has 0 radical (unpaired) electrons. The second kappa shape index (κ2) is 6.04. The molecule has 0 saturated heterocycles. The van der Waals surface area contributed by atoms with E-state index in [1.54, 1.807) is 29.3 Å². The van der Waals surface area contributed by atoms with Gasteiger partial charge < -0.3 is 4.57 Å². The number of anilines is 1. The van der Waals surface area contributed by atoms with Gasteiger partial charge in [0.1, 0.15) is 23.4 Å². The molecule has 7 heteroatoms. The summed E-state index contributed by atoms with van der Waals surface area (Å²) in [6.07, 6.45) is 3.04. The standard InChI is InChI=1S/C14H11N5OS/c1-9-10(6-12(8-16)19(9)2)5-11(7-15)13(20)18-14-17-3-4-21-14/h3-6H,1-2H3,(H,17,18,20)/b11-5+. The minimum atomic E-state index is -0.519. The van der Waals surface area contributed by atoms with Crippen LogP contribution >= 0.6 is 11.3 Å². The van der Waals surface area contributed by atoms with Gasteiger partial charge in [-0.2, -0.15) is 10.5 Å². The zero-order chi connectivity index (χ0) is 15.4. The lowest BCUT2D eigenvalue weighted by Crippen LogP contribution is -2.13. The molecule has 0 aliphatic carbocycles. The average Bonchev–Trinajstić information content (AvgIpc) is 3.07. The van der Waals surface area contributed by atoms with Gasteiger partial charge in [-0.3, -0.25) is 10.1 Å². The van der Waals surface area contributed by atoms with Crippen molar-refractivity contribution in [2.24, 2.45) is 7.05 Å². The number of nitrogens with one attached hydrogen (secondary N) is 1. The van der Waals surface area contributed by atoms with Crippen molar-refractivity contribution in [2.75, 3.05) is 5.32 Å². The maximum atomic E-state index is 12.0. The lowest BCUT2D eigenvalue weighted by Gasteiger charge is -2.01. The summed E-state index contributed by atoms with van der Waals surface area (Å²) in [5, 5.41) is 22.8. The number of carbonyl (C=O) groups excluding carboxylic acids is 1. The van der Waals surface area contributed by atoms with E-state index in [1.807, 2.05) is 13.0 Å². The topological polar surface area (TPSA) is 94.5 Å². The normalized spacial score (nSPS) is 10.8. The van der Waals surface area contributed by atoms with Crippen LogP contribution in [0.15, 0.2) is 23.2 Å². The lowest BCUT2D eigenvalue weighted by molar-refractivity contribution is -0.112. The van der Waals surface area contributed by atoms with Crippen molar-refractivity contribution in [1.29, 1.82) is 10.5 Å². The zero-order valence-electron chi connectivity index (χ0n) is 11.4. The van der Waals surface area contributed by atoms with Crippen LogP contribution in [0.4, 0.5) is 5.13 Å². The van der Waals surface area contributed by atoms with Crippen molar-refractivity contribution in [3.8, 4) is 12.1 Å². The lowest BCUT2D eigenvalue weighted by atomic mass is 10.1. The average molecular weight is 297 g/mol. The first-order valence-electron chi connectivity index (χ1n) is 5.96. The van der Waals surface area contributed by atoms with E-state index in [0.717, 1.165) is 5.69 Å². The molecule has 2 rings (SSSR count). The van der Waals surface area contributed by atoms with Crippen LogP contribution in [0, 0.1) is 29.6 Å². The van der Waals surface area contributed by atoms with Crippen LogP contribution < -0.4 is 5.32 Å². The Kier molecular flexibility index (Phi) is 4.17. The molecular weight excluding hydrogens is 286 g/mol. The quantitative estimate of drug-likeness (QED) is 0.694. The first kappa shape index (κ1) is 14.5. The molecule has 2 heterocycles. The Labute approximate surface area is 125 Å². The van der Waals surface area contributed by atoms with Crippen molar-refractivity contribution >= 4 is 28.5 Å². The number of hydrogen-bond acceptors (Lipinski definition) is 5. The van der Waals surface area contributed by atoms with E-state index in [2.05, 4.69) is 16.4 Å². The Morgan fingerprint density at radius 3 is 2.81 bits per heavy atom. The molecule has 2 aromatic rings. The van der Waals surface area contributed by atoms with Gasteiger partial charge in [0.25, 0.3) is 5.91 Å². The van der Waals surface area contributed by atoms with Crippen molar-refractivity contribution in [2.45, 2.75) is 6.92 Å². The predicted molar refractivity (Wildman–Crippen MR) is 79.2 cm³/mol. The van der Waals surface area contributed by atoms with Gasteiger partial charge in [-0.25, -0.2) is 4.98 Å². The molecule has 21 heavy (non-hydrogen) atoms. The van der Waals surface area contributed by atoms with Gasteiger partial charge in [0.15, 0.2) is 5.13 Å². The van der Waals surface area contributed by atoms with E-state index < -0.39 is 5.91 Å². The first-order chi connectivity index (χ1) is 10.1. The Morgan fingerprint density at radius 1 is 1.52 bits per heavy atom. The minimum Gasteiger partial charge on any atom is -0.339 e. The molecule has 2 aromatic heterocycles. The molecule has 0 bridgehead atoms. The first-order valence-corrected chi connectivity index (χ1v) is 6.84. The van der Waals surface area contributed by atoms with Crippen molar-refractivity contribution in [1.82, 2.24) is 9.55 Å². The summed E-state index contributed by atoms with van der Waals surface area (Å²) in [6.45, 7) is 1.82. The van der Waals surface area contributed by atoms with Gasteiger partial charge >= 0.3 is 0 Å². The van der Waals surface area contributed by atoms with Gasteiger partial charge in [0, 0.05) is 24.3 Å². The monoisotopic (exact) mass is 297 g/mol. The summed E-state index contributed by atoms with van der Waals surface area (Å²) >= 11 is 1.27. The van der Waals surface area contributed by atoms with Crippen molar-refractivity contribution in [3.05, 3.63) is 40.2 Å². The number of thiazole rings is 1. The summed E-state index contributed by atoms with van der Waals surface area (Å²) < 4.78 is 1.71. The number of nitrogens with zero attached hydrogens (tertiary/aromatic N) is 4. The van der Waals surface area contributed by atoms with Gasteiger partial charge in [-0.05, 0) is 24.6 Å². The summed E-state index contributed by atoms with van der Waals surface area (Å²) in [5.41, 5.74) is 1.90. The van der Waals surface area contributed by atoms with Crippen molar-refractivity contribution < 1.29 is 4.79 Å². The molecule has 1 amide bonds. The van der Waals surface area contributed by atoms with Gasteiger partial charge in [-0.1, -0.05) is 0 Å². The largest absolute Gasteiger partial charge is 0.339 e. The van der Waals surface area contributed by atoms with Crippen LogP contribution in [-0.4, -0.2) is 15.5 Å². The third-order valence-corrected chi connectivity index (χ3v) is 3.70. The highest BCUT2D eigenvalue weighted by atomic mass is 32.1. The predicted octanol–water partition coefficient (Wildman–Crippen LogP) is 2.21. The Bertz CT molecular complexity index is 787. The van der Waals surface area contributed by atoms with E-state index in [-0.39, 0.29) is 5.57 Å². The van der Waals surface area contributed by atoms with E-state index >= 15 is 0 Å². The smallest absolute Gasteiger partial charge is 0.268 e. The van der Waals surface area contributed by atoms with E-state index in [0.29, 0.717) is 16.4 Å². The molecule has 6 nitrogen and oxygen atoms in total. The molecule has 104 valence electrons. The Hall–Kier alpha value is -2.90. The molecule has 0 unspecified atom stereocenters. The molecule has 0 spiro atoms. The third kappa shape index (κ3) is 2.99. The SMILES string of the molecule is Cc1c(/C=C(\C#N)C(=O)Nc2nccs2)cc(C#N)n1C. The van der Waals surface area contributed by atoms with Crippen LogP contribution in [0.3, 0.4) is 0 Å². The molecule has 0 aromatic carbocycles. The molecular formula is C14H11N5OS. The maximum absolute atomic E-state index is 12.0. The fourth-order valence-corrected chi connectivity index (χ4v) is 2.25. The highest BCUT2D eigenvalue weighted by Crippen LogP contribution is 2.18. The molecule has 0 aliphatic heterocycles. The highest BCUT2D eigenvalue weighted by Gasteiger charge is 2.13. The fourth-order valence-electron chi connectivity index (χ4n) is 1.73. The van der Waals surface area contributed by atoms with E-state index in [4.69, 9.17) is 10.5 Å². The van der Waals surface area contributed by atoms with E-state index in [1.165, 1.54) is 17.4 Å². The molecule has 0 fully saturated rings. The number of hydrogen-bond donors (Lipinski definition) is 1. The van der Waals surface area contributed by atoms with Crippen LogP contribution in [0.25, 0.3) is 6.08 Å². The number of aromatic nitrogens is 2. The number of carbonyl (C=O) groups is 1. The number of amides is 1. The molecule has 0 saturated carbocycles. The molecule has 0 atom stereocenters. The second-order valence-corrected chi connectivity index (χ2v) is 5.10. The second-order valence-electron chi connectivity index (χ2n) is 4.20. The van der Waals surface area contributed by atoms with Crippen LogP contribution in [0.5, 0.6) is 0 Å². The van der Waals surface area contributed by atoms with Gasteiger partial charge in [-0.15, -0.1) is 11.3 Å². The Morgan fingerprint density at radius 2 is 2.29 bits per heavy atom. The summed E-state index contributed by atoms with van der Waals surface area (Å²) in [6, 6.07) is 5.57. The number of nitriles is 2. The molecule has 0 aliphatic rings. The molecule has 1 N–H and O–H groups in total. The highest BCUT2D eigenvalue weighted by molar-refractivity contribution is 7.13. The summed E-state index contributed by atoms with van der Waals surface area (Å²) in [4.78, 5) is 15.9. The van der Waals surface area contributed by atoms with E-state index in [9.17, 15) is 4.79 Å². The van der Waals surface area contributed by atoms with Crippen LogP contribution in [0.2, 0.25) is 0 Å². The fraction of sp³-hybridized carbons (Fsp3) is 0.143. The van der Waals surface area contributed by atoms with Gasteiger partial charge in [0.05, 0.1) is 0 Å².